The smallest absolute Gasteiger partial charge is 0.159 e. The molecule has 3 rings (SSSR count). The summed E-state index contributed by atoms with van der Waals surface area (Å²) in [7, 11) is 0. The van der Waals surface area contributed by atoms with Crippen LogP contribution in [0, 0.1) is 11.8 Å². The highest BCUT2D eigenvalue weighted by Gasteiger charge is 2.20. The number of aromatic nitrogens is 2. The second kappa shape index (κ2) is 20.0. The summed E-state index contributed by atoms with van der Waals surface area (Å²) in [5, 5.41) is 0. The van der Waals surface area contributed by atoms with Crippen LogP contribution >= 0.6 is 0 Å². The van der Waals surface area contributed by atoms with Gasteiger partial charge in [-0.15, -0.1) is 0 Å². The zero-order valence-corrected chi connectivity index (χ0v) is 25.5. The average Bonchev–Trinajstić information content (AvgIpc) is 2.98. The molecule has 1 aromatic carbocycles. The quantitative estimate of drug-likeness (QED) is 0.149. The van der Waals surface area contributed by atoms with Crippen molar-refractivity contribution in [3.8, 4) is 17.1 Å². The Morgan fingerprint density at radius 2 is 1.13 bits per heavy atom. The van der Waals surface area contributed by atoms with E-state index in [1.807, 2.05) is 12.4 Å². The van der Waals surface area contributed by atoms with Crippen LogP contribution < -0.4 is 4.74 Å². The fraction of sp³-hybridized carbons (Fsp3) is 0.722. The fourth-order valence-corrected chi connectivity index (χ4v) is 6.15. The number of hydrogen-bond donors (Lipinski definition) is 0. The Balaban J connectivity index is 1.26. The van der Waals surface area contributed by atoms with E-state index in [0.717, 1.165) is 48.4 Å². The second-order valence-corrected chi connectivity index (χ2v) is 12.2. The third-order valence-electron chi connectivity index (χ3n) is 8.86. The van der Waals surface area contributed by atoms with Gasteiger partial charge in [-0.1, -0.05) is 129 Å². The Hall–Kier alpha value is -1.90. The number of aryl methyl sites for hydroxylation is 1. The van der Waals surface area contributed by atoms with Crippen LogP contribution in [0.5, 0.6) is 5.75 Å². The molecule has 0 saturated heterocycles. The molecule has 218 valence electrons. The average molecular weight is 535 g/mol. The molecule has 1 saturated carbocycles. The lowest BCUT2D eigenvalue weighted by atomic mass is 9.78. The molecule has 3 nitrogen and oxygen atoms in total. The highest BCUT2D eigenvalue weighted by molar-refractivity contribution is 5.55. The second-order valence-electron chi connectivity index (χ2n) is 12.2. The third kappa shape index (κ3) is 13.3. The van der Waals surface area contributed by atoms with E-state index in [0.29, 0.717) is 0 Å². The standard InChI is InChI=1S/C36H58N2O/c1-3-5-7-9-11-13-15-17-31-18-20-32(21-19-31)22-23-33-29-37-36(38-30-33)34-24-26-35(27-25-34)39-28-16-14-12-10-8-6-4-2/h24-27,29-32H,3-23,28H2,1-2H3. The molecule has 39 heavy (non-hydrogen) atoms. The summed E-state index contributed by atoms with van der Waals surface area (Å²) < 4.78 is 5.94. The molecular weight excluding hydrogens is 476 g/mol. The summed E-state index contributed by atoms with van der Waals surface area (Å²) >= 11 is 0. The Labute approximate surface area is 241 Å². The van der Waals surface area contributed by atoms with Crippen molar-refractivity contribution in [1.29, 1.82) is 0 Å². The van der Waals surface area contributed by atoms with E-state index in [-0.39, 0.29) is 0 Å². The van der Waals surface area contributed by atoms with Gasteiger partial charge in [0.2, 0.25) is 0 Å². The molecule has 1 aromatic heterocycles. The summed E-state index contributed by atoms with van der Waals surface area (Å²) in [6.45, 7) is 5.37. The van der Waals surface area contributed by atoms with Crippen LogP contribution in [0.2, 0.25) is 0 Å². The first-order valence-electron chi connectivity index (χ1n) is 16.8. The van der Waals surface area contributed by atoms with Gasteiger partial charge in [0, 0.05) is 18.0 Å². The van der Waals surface area contributed by atoms with E-state index < -0.39 is 0 Å². The van der Waals surface area contributed by atoms with Gasteiger partial charge in [0.25, 0.3) is 0 Å². The van der Waals surface area contributed by atoms with Gasteiger partial charge in [-0.05, 0) is 60.9 Å². The molecular formula is C36H58N2O. The third-order valence-corrected chi connectivity index (χ3v) is 8.86. The van der Waals surface area contributed by atoms with E-state index in [4.69, 9.17) is 4.74 Å². The van der Waals surface area contributed by atoms with Crippen molar-refractivity contribution < 1.29 is 4.74 Å². The number of benzene rings is 1. The van der Waals surface area contributed by atoms with E-state index in [1.54, 1.807) is 0 Å². The molecule has 1 aliphatic carbocycles. The minimum absolute atomic E-state index is 0.805. The molecule has 0 unspecified atom stereocenters. The minimum Gasteiger partial charge on any atom is -0.494 e. The zero-order valence-electron chi connectivity index (χ0n) is 25.5. The molecule has 1 heterocycles. The molecule has 0 N–H and O–H groups in total. The summed E-state index contributed by atoms with van der Waals surface area (Å²) in [6.07, 6.45) is 32.9. The molecule has 0 spiro atoms. The lowest BCUT2D eigenvalue weighted by Gasteiger charge is -2.28. The molecule has 3 heteroatoms. The van der Waals surface area contributed by atoms with E-state index in [1.165, 1.54) is 128 Å². The van der Waals surface area contributed by atoms with Gasteiger partial charge < -0.3 is 4.74 Å². The highest BCUT2D eigenvalue weighted by Crippen LogP contribution is 2.34. The van der Waals surface area contributed by atoms with Crippen molar-refractivity contribution in [1.82, 2.24) is 9.97 Å². The first-order chi connectivity index (χ1) is 19.3. The van der Waals surface area contributed by atoms with Crippen molar-refractivity contribution in [3.05, 3.63) is 42.2 Å². The predicted octanol–water partition coefficient (Wildman–Crippen LogP) is 11.2. The maximum absolute atomic E-state index is 5.94. The Morgan fingerprint density at radius 1 is 0.615 bits per heavy atom. The summed E-state index contributed by atoms with van der Waals surface area (Å²) in [5.74, 6) is 3.64. The van der Waals surface area contributed by atoms with Crippen LogP contribution in [-0.4, -0.2) is 16.6 Å². The van der Waals surface area contributed by atoms with E-state index >= 15 is 0 Å². The minimum atomic E-state index is 0.805. The summed E-state index contributed by atoms with van der Waals surface area (Å²) in [5.41, 5.74) is 2.34. The normalized spacial score (nSPS) is 17.4. The predicted molar refractivity (Wildman–Crippen MR) is 167 cm³/mol. The van der Waals surface area contributed by atoms with Crippen molar-refractivity contribution in [3.63, 3.8) is 0 Å². The Bertz CT molecular complexity index is 839. The Morgan fingerprint density at radius 3 is 1.72 bits per heavy atom. The van der Waals surface area contributed by atoms with Crippen molar-refractivity contribution in [2.45, 2.75) is 149 Å². The first-order valence-corrected chi connectivity index (χ1v) is 16.8. The number of hydrogen-bond acceptors (Lipinski definition) is 3. The number of ether oxygens (including phenoxy) is 1. The molecule has 2 aromatic rings. The largest absolute Gasteiger partial charge is 0.494 e. The SMILES string of the molecule is CCCCCCCCCOc1ccc(-c2ncc(CCC3CCC(CCCCCCCCC)CC3)cn2)cc1. The first kappa shape index (κ1) is 31.6. The summed E-state index contributed by atoms with van der Waals surface area (Å²) in [4.78, 5) is 9.37. The molecule has 0 aliphatic heterocycles. The monoisotopic (exact) mass is 534 g/mol. The van der Waals surface area contributed by atoms with Crippen LogP contribution in [0.3, 0.4) is 0 Å². The van der Waals surface area contributed by atoms with Gasteiger partial charge >= 0.3 is 0 Å². The lowest BCUT2D eigenvalue weighted by molar-refractivity contribution is 0.248. The van der Waals surface area contributed by atoms with Crippen molar-refractivity contribution in [2.75, 3.05) is 6.61 Å². The van der Waals surface area contributed by atoms with Gasteiger partial charge in [-0.25, -0.2) is 9.97 Å². The van der Waals surface area contributed by atoms with Gasteiger partial charge in [0.15, 0.2) is 5.82 Å². The van der Waals surface area contributed by atoms with Crippen molar-refractivity contribution >= 4 is 0 Å². The van der Waals surface area contributed by atoms with Crippen LogP contribution in [0.25, 0.3) is 11.4 Å². The van der Waals surface area contributed by atoms with Gasteiger partial charge in [0.05, 0.1) is 6.61 Å². The summed E-state index contributed by atoms with van der Waals surface area (Å²) in [6, 6.07) is 8.27. The maximum Gasteiger partial charge on any atom is 0.159 e. The Kier molecular flexibility index (Phi) is 16.3. The van der Waals surface area contributed by atoms with Crippen LogP contribution in [0.1, 0.15) is 148 Å². The number of unbranched alkanes of at least 4 members (excludes halogenated alkanes) is 12. The molecule has 0 amide bonds. The molecule has 0 radical (unpaired) electrons. The van der Waals surface area contributed by atoms with Crippen LogP contribution in [0.15, 0.2) is 36.7 Å². The number of rotatable bonds is 21. The van der Waals surface area contributed by atoms with E-state index in [9.17, 15) is 0 Å². The topological polar surface area (TPSA) is 35.0 Å². The van der Waals surface area contributed by atoms with Gasteiger partial charge in [-0.2, -0.15) is 0 Å². The highest BCUT2D eigenvalue weighted by atomic mass is 16.5. The molecule has 1 aliphatic rings. The zero-order chi connectivity index (χ0) is 27.4. The van der Waals surface area contributed by atoms with E-state index in [2.05, 4.69) is 48.1 Å². The fourth-order valence-electron chi connectivity index (χ4n) is 6.15. The molecule has 0 atom stereocenters. The van der Waals surface area contributed by atoms with Crippen molar-refractivity contribution in [2.24, 2.45) is 11.8 Å². The van der Waals surface area contributed by atoms with Crippen LogP contribution in [0.4, 0.5) is 0 Å². The van der Waals surface area contributed by atoms with Gasteiger partial charge in [0.1, 0.15) is 5.75 Å². The molecule has 0 bridgehead atoms. The van der Waals surface area contributed by atoms with Crippen LogP contribution in [-0.2, 0) is 6.42 Å². The number of nitrogens with zero attached hydrogens (tertiary/aromatic N) is 2. The molecule has 1 fully saturated rings. The maximum atomic E-state index is 5.94. The van der Waals surface area contributed by atoms with Gasteiger partial charge in [-0.3, -0.25) is 0 Å². The lowest BCUT2D eigenvalue weighted by Crippen LogP contribution is -2.15.